The maximum Gasteiger partial charge on any atom is 0.274 e. The van der Waals surface area contributed by atoms with Crippen molar-refractivity contribution in [2.75, 3.05) is 10.6 Å². The van der Waals surface area contributed by atoms with E-state index in [2.05, 4.69) is 15.6 Å². The van der Waals surface area contributed by atoms with Crippen molar-refractivity contribution in [1.29, 1.82) is 0 Å². The van der Waals surface area contributed by atoms with Gasteiger partial charge in [-0.15, -0.1) is 0 Å². The molecule has 0 spiro atoms. The minimum atomic E-state index is -0.374. The van der Waals surface area contributed by atoms with Gasteiger partial charge >= 0.3 is 0 Å². The highest BCUT2D eigenvalue weighted by molar-refractivity contribution is 6.08. The van der Waals surface area contributed by atoms with Gasteiger partial charge in [0.2, 0.25) is 0 Å². The van der Waals surface area contributed by atoms with Crippen molar-refractivity contribution in [2.24, 2.45) is 0 Å². The minimum absolute atomic E-state index is 0.171. The molecular weight excluding hydrogens is 398 g/mol. The Bertz CT molecular complexity index is 1370. The zero-order valence-electron chi connectivity index (χ0n) is 17.1. The molecule has 154 valence electrons. The first-order valence-electron chi connectivity index (χ1n) is 10.2. The van der Waals surface area contributed by atoms with Gasteiger partial charge in [-0.2, -0.15) is 0 Å². The number of fused-ring (bicyclic) bond motifs is 2. The van der Waals surface area contributed by atoms with Crippen LogP contribution in [0.3, 0.4) is 0 Å². The van der Waals surface area contributed by atoms with Crippen LogP contribution in [0.25, 0.3) is 21.5 Å². The second-order valence-electron chi connectivity index (χ2n) is 7.46. The lowest BCUT2D eigenvalue weighted by Gasteiger charge is -2.09. The highest BCUT2D eigenvalue weighted by atomic mass is 16.2. The van der Waals surface area contributed by atoms with Gasteiger partial charge < -0.3 is 10.6 Å². The fourth-order valence-corrected chi connectivity index (χ4v) is 3.63. The van der Waals surface area contributed by atoms with E-state index in [0.29, 0.717) is 16.9 Å². The molecule has 0 saturated heterocycles. The number of anilines is 2. The molecule has 0 aliphatic rings. The lowest BCUT2D eigenvalue weighted by molar-refractivity contribution is 0.102. The second kappa shape index (κ2) is 8.32. The van der Waals surface area contributed by atoms with E-state index in [1.807, 2.05) is 84.9 Å². The molecule has 4 aromatic carbocycles. The van der Waals surface area contributed by atoms with E-state index >= 15 is 0 Å². The van der Waals surface area contributed by atoms with Crippen LogP contribution in [0.15, 0.2) is 103 Å². The normalized spacial score (nSPS) is 10.8. The Labute approximate surface area is 184 Å². The van der Waals surface area contributed by atoms with Gasteiger partial charge in [-0.25, -0.2) is 0 Å². The van der Waals surface area contributed by atoms with Gasteiger partial charge in [0.15, 0.2) is 0 Å². The standard InChI is InChI=1S/C27H19N3O2/c31-26(29-23-11-9-18-5-1-3-7-20(18)15-23)22-13-14-28-25(17-22)27(32)30-24-12-10-19-6-2-4-8-21(19)16-24/h1-17H,(H,29,31)(H,30,32). The summed E-state index contributed by atoms with van der Waals surface area (Å²) in [6, 6.07) is 30.4. The molecule has 0 atom stereocenters. The molecule has 5 heteroatoms. The third-order valence-corrected chi connectivity index (χ3v) is 5.27. The Morgan fingerprint density at radius 3 is 1.69 bits per heavy atom. The van der Waals surface area contributed by atoms with E-state index < -0.39 is 0 Å². The SMILES string of the molecule is O=C(Nc1ccc2ccccc2c1)c1ccnc(C(=O)Nc2ccc3ccccc3c2)c1. The van der Waals surface area contributed by atoms with Crippen molar-refractivity contribution in [3.8, 4) is 0 Å². The van der Waals surface area contributed by atoms with E-state index in [1.54, 1.807) is 6.07 Å². The number of carbonyl (C=O) groups is 2. The minimum Gasteiger partial charge on any atom is -0.322 e. The Balaban J connectivity index is 1.33. The van der Waals surface area contributed by atoms with E-state index in [1.165, 1.54) is 12.3 Å². The van der Waals surface area contributed by atoms with E-state index in [4.69, 9.17) is 0 Å². The maximum absolute atomic E-state index is 12.8. The average Bonchev–Trinajstić information content (AvgIpc) is 2.84. The van der Waals surface area contributed by atoms with Gasteiger partial charge in [0, 0.05) is 23.1 Å². The van der Waals surface area contributed by atoms with Crippen molar-refractivity contribution in [2.45, 2.75) is 0 Å². The molecule has 5 aromatic rings. The van der Waals surface area contributed by atoms with Crippen LogP contribution < -0.4 is 10.6 Å². The highest BCUT2D eigenvalue weighted by Crippen LogP contribution is 2.21. The molecule has 1 heterocycles. The number of pyridine rings is 1. The summed E-state index contributed by atoms with van der Waals surface area (Å²) in [7, 11) is 0. The molecule has 32 heavy (non-hydrogen) atoms. The zero-order chi connectivity index (χ0) is 21.9. The Hall–Kier alpha value is -4.51. The summed E-state index contributed by atoms with van der Waals surface area (Å²) in [4.78, 5) is 29.6. The maximum atomic E-state index is 12.8. The van der Waals surface area contributed by atoms with Crippen LogP contribution in [-0.4, -0.2) is 16.8 Å². The van der Waals surface area contributed by atoms with Crippen molar-refractivity contribution in [3.05, 3.63) is 115 Å². The monoisotopic (exact) mass is 417 g/mol. The summed E-state index contributed by atoms with van der Waals surface area (Å²) in [5, 5.41) is 10.0. The molecule has 0 saturated carbocycles. The quantitative estimate of drug-likeness (QED) is 0.383. The molecule has 2 amide bonds. The summed E-state index contributed by atoms with van der Waals surface area (Å²) in [6.45, 7) is 0. The number of nitrogens with zero attached hydrogens (tertiary/aromatic N) is 1. The molecule has 5 rings (SSSR count). The molecule has 0 radical (unpaired) electrons. The van der Waals surface area contributed by atoms with Gasteiger partial charge in [-0.05, 0) is 57.9 Å². The third-order valence-electron chi connectivity index (χ3n) is 5.27. The van der Waals surface area contributed by atoms with Crippen LogP contribution in [0, 0.1) is 0 Å². The summed E-state index contributed by atoms with van der Waals surface area (Å²) in [5.74, 6) is -0.678. The first-order valence-corrected chi connectivity index (χ1v) is 10.2. The lowest BCUT2D eigenvalue weighted by Crippen LogP contribution is -2.17. The summed E-state index contributed by atoms with van der Waals surface area (Å²) in [5.41, 5.74) is 1.88. The van der Waals surface area contributed by atoms with Crippen LogP contribution in [0.2, 0.25) is 0 Å². The summed E-state index contributed by atoms with van der Waals surface area (Å²) in [6.07, 6.45) is 1.46. The van der Waals surface area contributed by atoms with E-state index in [-0.39, 0.29) is 17.5 Å². The molecular formula is C27H19N3O2. The molecule has 0 unspecified atom stereocenters. The number of rotatable bonds is 4. The Kier molecular flexibility index (Phi) is 5.06. The van der Waals surface area contributed by atoms with Crippen molar-refractivity contribution in [3.63, 3.8) is 0 Å². The van der Waals surface area contributed by atoms with Crippen molar-refractivity contribution < 1.29 is 9.59 Å². The van der Waals surface area contributed by atoms with E-state index in [0.717, 1.165) is 21.5 Å². The third kappa shape index (κ3) is 4.04. The zero-order valence-corrected chi connectivity index (χ0v) is 17.1. The van der Waals surface area contributed by atoms with Crippen LogP contribution >= 0.6 is 0 Å². The first kappa shape index (κ1) is 19.5. The van der Waals surface area contributed by atoms with Crippen LogP contribution in [-0.2, 0) is 0 Å². The number of amides is 2. The Morgan fingerprint density at radius 2 is 1.09 bits per heavy atom. The van der Waals surface area contributed by atoms with Gasteiger partial charge in [0.05, 0.1) is 0 Å². The van der Waals surface area contributed by atoms with Crippen molar-refractivity contribution >= 4 is 44.7 Å². The van der Waals surface area contributed by atoms with Gasteiger partial charge in [-0.3, -0.25) is 14.6 Å². The van der Waals surface area contributed by atoms with Crippen LogP contribution in [0.1, 0.15) is 20.8 Å². The number of carbonyl (C=O) groups excluding carboxylic acids is 2. The molecule has 0 fully saturated rings. The fraction of sp³-hybridized carbons (Fsp3) is 0. The van der Waals surface area contributed by atoms with Gasteiger partial charge in [0.1, 0.15) is 5.69 Å². The van der Waals surface area contributed by atoms with Crippen LogP contribution in [0.5, 0.6) is 0 Å². The second-order valence-corrected chi connectivity index (χ2v) is 7.46. The van der Waals surface area contributed by atoms with Gasteiger partial charge in [-0.1, -0.05) is 60.7 Å². The van der Waals surface area contributed by atoms with Crippen LogP contribution in [0.4, 0.5) is 11.4 Å². The van der Waals surface area contributed by atoms with Gasteiger partial charge in [0.25, 0.3) is 11.8 Å². The average molecular weight is 417 g/mol. The lowest BCUT2D eigenvalue weighted by atomic mass is 10.1. The Morgan fingerprint density at radius 1 is 0.562 bits per heavy atom. The highest BCUT2D eigenvalue weighted by Gasteiger charge is 2.13. The number of hydrogen-bond donors (Lipinski definition) is 2. The number of benzene rings is 4. The molecule has 0 aliphatic heterocycles. The first-order chi connectivity index (χ1) is 15.7. The number of nitrogens with one attached hydrogen (secondary N) is 2. The topological polar surface area (TPSA) is 71.1 Å². The number of hydrogen-bond acceptors (Lipinski definition) is 3. The predicted octanol–water partition coefficient (Wildman–Crippen LogP) is 5.89. The van der Waals surface area contributed by atoms with Crippen molar-refractivity contribution in [1.82, 2.24) is 4.98 Å². The molecule has 5 nitrogen and oxygen atoms in total. The largest absolute Gasteiger partial charge is 0.322 e. The van der Waals surface area contributed by atoms with E-state index in [9.17, 15) is 9.59 Å². The molecule has 0 aliphatic carbocycles. The number of aromatic nitrogens is 1. The predicted molar refractivity (Wildman–Crippen MR) is 128 cm³/mol. The summed E-state index contributed by atoms with van der Waals surface area (Å²) >= 11 is 0. The summed E-state index contributed by atoms with van der Waals surface area (Å²) < 4.78 is 0. The molecule has 0 bridgehead atoms. The fourth-order valence-electron chi connectivity index (χ4n) is 3.63. The smallest absolute Gasteiger partial charge is 0.274 e. The molecule has 2 N–H and O–H groups in total. The molecule has 1 aromatic heterocycles.